The molecule has 4 aromatic rings. The van der Waals surface area contributed by atoms with Crippen molar-refractivity contribution < 1.29 is 22.7 Å². The minimum Gasteiger partial charge on any atom is -0.489 e. The Kier molecular flexibility index (Phi) is 6.91. The van der Waals surface area contributed by atoms with E-state index in [1.165, 1.54) is 42.6 Å². The van der Waals surface area contributed by atoms with E-state index < -0.39 is 28.8 Å². The quantitative estimate of drug-likeness (QED) is 0.333. The van der Waals surface area contributed by atoms with Gasteiger partial charge in [-0.3, -0.25) is 4.79 Å². The molecule has 0 aliphatic heterocycles. The number of hydrogen-bond donors (Lipinski definition) is 2. The van der Waals surface area contributed by atoms with Crippen molar-refractivity contribution in [2.45, 2.75) is 25.3 Å². The molecule has 2 N–H and O–H groups in total. The van der Waals surface area contributed by atoms with Gasteiger partial charge in [0.05, 0.1) is 37.7 Å². The Morgan fingerprint density at radius 2 is 1.71 bits per heavy atom. The van der Waals surface area contributed by atoms with Crippen molar-refractivity contribution in [2.24, 2.45) is 5.92 Å². The average Bonchev–Trinajstić information content (AvgIpc) is 3.65. The highest BCUT2D eigenvalue weighted by Crippen LogP contribution is 2.55. The summed E-state index contributed by atoms with van der Waals surface area (Å²) in [6.07, 6.45) is 4.06. The minimum atomic E-state index is -0.805. The van der Waals surface area contributed by atoms with E-state index in [0.717, 1.165) is 12.4 Å². The Bertz CT molecular complexity index is 1450. The number of aromatic nitrogens is 4. The third-order valence-corrected chi connectivity index (χ3v) is 6.37. The summed E-state index contributed by atoms with van der Waals surface area (Å²) in [5, 5.41) is 5.77. The number of ether oxygens (including phenoxy) is 1. The highest BCUT2D eigenvalue weighted by molar-refractivity contribution is 5.95. The fraction of sp³-hybridized carbons (Fsp3) is 0.222. The topological polar surface area (TPSA) is 102 Å². The van der Waals surface area contributed by atoms with Crippen LogP contribution in [0.3, 0.4) is 0 Å². The summed E-state index contributed by atoms with van der Waals surface area (Å²) in [4.78, 5) is 29.6. The van der Waals surface area contributed by atoms with E-state index in [1.54, 1.807) is 19.1 Å². The van der Waals surface area contributed by atoms with Crippen molar-refractivity contribution in [1.82, 2.24) is 19.9 Å². The lowest BCUT2D eigenvalue weighted by atomic mass is 9.93. The summed E-state index contributed by atoms with van der Waals surface area (Å²) in [7, 11) is 0. The van der Waals surface area contributed by atoms with Gasteiger partial charge < -0.3 is 15.4 Å². The Balaban J connectivity index is 1.35. The first-order valence-corrected chi connectivity index (χ1v) is 11.8. The molecule has 1 fully saturated rings. The molecule has 1 saturated carbocycles. The van der Waals surface area contributed by atoms with Crippen molar-refractivity contribution in [1.29, 1.82) is 0 Å². The van der Waals surface area contributed by atoms with Crippen molar-refractivity contribution in [3.63, 3.8) is 0 Å². The Hall–Kier alpha value is -4.54. The standard InChI is InChI=1S/C27H23F3N6O2/c1-16-31-14-23(22(35-16)13-34-24-7-5-19(29)11-32-24)38-15-27(17-3-2-4-18(28)9-17)10-21(27)26(37)36-25-8-6-20(30)12-33-25/h2-9,11-12,14,21H,10,13,15H2,1H3,(H,32,34)(H,33,36,37)/t21-,27+/m0/s1. The number of carbonyl (C=O) groups is 1. The molecule has 3 heterocycles. The molecule has 0 spiro atoms. The molecule has 1 aliphatic rings. The number of anilines is 2. The predicted octanol–water partition coefficient (Wildman–Crippen LogP) is 4.58. The first-order chi connectivity index (χ1) is 18.3. The van der Waals surface area contributed by atoms with Gasteiger partial charge in [-0.15, -0.1) is 0 Å². The van der Waals surface area contributed by atoms with E-state index in [0.29, 0.717) is 35.1 Å². The maximum absolute atomic E-state index is 14.2. The summed E-state index contributed by atoms with van der Waals surface area (Å²) >= 11 is 0. The molecular weight excluding hydrogens is 497 g/mol. The smallest absolute Gasteiger partial charge is 0.229 e. The molecule has 5 rings (SSSR count). The molecule has 194 valence electrons. The molecule has 3 aromatic heterocycles. The first kappa shape index (κ1) is 25.1. The van der Waals surface area contributed by atoms with Crippen LogP contribution in [0.25, 0.3) is 0 Å². The molecule has 0 saturated heterocycles. The summed E-state index contributed by atoms with van der Waals surface area (Å²) in [5.41, 5.74) is 0.350. The van der Waals surface area contributed by atoms with Gasteiger partial charge in [0.1, 0.15) is 40.6 Å². The van der Waals surface area contributed by atoms with E-state index in [9.17, 15) is 18.0 Å². The van der Waals surface area contributed by atoms with Crippen LogP contribution in [0.15, 0.2) is 67.1 Å². The lowest BCUT2D eigenvalue weighted by Gasteiger charge is -2.20. The largest absolute Gasteiger partial charge is 0.489 e. The molecule has 0 radical (unpaired) electrons. The fourth-order valence-corrected chi connectivity index (χ4v) is 4.29. The average molecular weight is 521 g/mol. The maximum Gasteiger partial charge on any atom is 0.229 e. The highest BCUT2D eigenvalue weighted by atomic mass is 19.1. The zero-order chi connectivity index (χ0) is 26.7. The number of nitrogens with zero attached hydrogens (tertiary/aromatic N) is 4. The monoisotopic (exact) mass is 520 g/mol. The zero-order valence-corrected chi connectivity index (χ0v) is 20.3. The molecule has 11 heteroatoms. The number of hydrogen-bond acceptors (Lipinski definition) is 7. The third-order valence-electron chi connectivity index (χ3n) is 6.37. The number of halogens is 3. The fourth-order valence-electron chi connectivity index (χ4n) is 4.29. The Morgan fingerprint density at radius 3 is 2.39 bits per heavy atom. The van der Waals surface area contributed by atoms with Gasteiger partial charge in [-0.1, -0.05) is 12.1 Å². The molecule has 1 aromatic carbocycles. The molecule has 1 amide bonds. The number of amides is 1. The van der Waals surface area contributed by atoms with Crippen LogP contribution in [0.2, 0.25) is 0 Å². The second-order valence-corrected chi connectivity index (χ2v) is 9.01. The van der Waals surface area contributed by atoms with Gasteiger partial charge in [0.2, 0.25) is 5.91 Å². The van der Waals surface area contributed by atoms with Gasteiger partial charge in [0.25, 0.3) is 0 Å². The van der Waals surface area contributed by atoms with Crippen molar-refractivity contribution >= 4 is 17.5 Å². The summed E-state index contributed by atoms with van der Waals surface area (Å²) < 4.78 is 46.7. The van der Waals surface area contributed by atoms with Crippen LogP contribution in [0.5, 0.6) is 5.75 Å². The Labute approximate surface area is 216 Å². The van der Waals surface area contributed by atoms with E-state index in [1.807, 2.05) is 0 Å². The molecule has 38 heavy (non-hydrogen) atoms. The normalized spacial score (nSPS) is 18.1. The Morgan fingerprint density at radius 1 is 0.974 bits per heavy atom. The van der Waals surface area contributed by atoms with Gasteiger partial charge in [0.15, 0.2) is 5.75 Å². The van der Waals surface area contributed by atoms with Crippen molar-refractivity contribution in [3.8, 4) is 5.75 Å². The molecule has 0 bridgehead atoms. The van der Waals surface area contributed by atoms with E-state index in [-0.39, 0.29) is 24.9 Å². The van der Waals surface area contributed by atoms with Gasteiger partial charge in [-0.05, 0) is 55.3 Å². The lowest BCUT2D eigenvalue weighted by molar-refractivity contribution is -0.117. The van der Waals surface area contributed by atoms with Crippen molar-refractivity contribution in [2.75, 3.05) is 17.2 Å². The lowest BCUT2D eigenvalue weighted by Crippen LogP contribution is -2.27. The second-order valence-electron chi connectivity index (χ2n) is 9.01. The van der Waals surface area contributed by atoms with Gasteiger partial charge >= 0.3 is 0 Å². The summed E-state index contributed by atoms with van der Waals surface area (Å²) in [5.74, 6) is -0.678. The first-order valence-electron chi connectivity index (χ1n) is 11.8. The number of nitrogens with one attached hydrogen (secondary N) is 2. The van der Waals surface area contributed by atoms with E-state index in [4.69, 9.17) is 4.74 Å². The number of aryl methyl sites for hydroxylation is 1. The number of benzene rings is 1. The number of pyridine rings is 2. The molecule has 0 unspecified atom stereocenters. The minimum absolute atomic E-state index is 0.0552. The second kappa shape index (κ2) is 10.4. The molecule has 8 nitrogen and oxygen atoms in total. The summed E-state index contributed by atoms with van der Waals surface area (Å²) in [6.45, 7) is 2.02. The van der Waals surface area contributed by atoms with Gasteiger partial charge in [-0.2, -0.15) is 0 Å². The van der Waals surface area contributed by atoms with Crippen LogP contribution in [0.1, 0.15) is 23.5 Å². The van der Waals surface area contributed by atoms with Crippen molar-refractivity contribution in [3.05, 3.63) is 102 Å². The SMILES string of the molecule is Cc1ncc(OC[C@@]2(c3cccc(F)c3)C[C@H]2C(=O)Nc2ccc(F)cn2)c(CNc2ccc(F)cn2)n1. The van der Waals surface area contributed by atoms with Crippen LogP contribution in [-0.4, -0.2) is 32.4 Å². The molecule has 1 aliphatic carbocycles. The van der Waals surface area contributed by atoms with E-state index in [2.05, 4.69) is 30.6 Å². The third kappa shape index (κ3) is 5.56. The molecular formula is C27H23F3N6O2. The van der Waals surface area contributed by atoms with Crippen LogP contribution in [0.4, 0.5) is 24.8 Å². The number of carbonyl (C=O) groups excluding carboxylic acids is 1. The summed E-state index contributed by atoms with van der Waals surface area (Å²) in [6, 6.07) is 11.4. The van der Waals surface area contributed by atoms with Gasteiger partial charge in [0, 0.05) is 5.41 Å². The van der Waals surface area contributed by atoms with Crippen LogP contribution in [-0.2, 0) is 16.8 Å². The zero-order valence-electron chi connectivity index (χ0n) is 20.3. The predicted molar refractivity (Wildman–Crippen MR) is 133 cm³/mol. The molecule has 2 atom stereocenters. The number of rotatable bonds is 9. The maximum atomic E-state index is 14.2. The van der Waals surface area contributed by atoms with Crippen LogP contribution >= 0.6 is 0 Å². The van der Waals surface area contributed by atoms with E-state index >= 15 is 0 Å². The van der Waals surface area contributed by atoms with Gasteiger partial charge in [-0.25, -0.2) is 33.1 Å². The van der Waals surface area contributed by atoms with Crippen LogP contribution < -0.4 is 15.4 Å². The highest BCUT2D eigenvalue weighted by Gasteiger charge is 2.60. The van der Waals surface area contributed by atoms with Crippen LogP contribution in [0, 0.1) is 30.3 Å².